The molecule has 7 heteroatoms. The van der Waals surface area contributed by atoms with Gasteiger partial charge >= 0.3 is 0 Å². The SMILES string of the molecule is CCS(=O)(=O)c1ccc(CC(=O)Nc2ccc(CCN3CCOc4ccc(CC(C)C)cc43)cc2)cc1. The molecule has 1 aliphatic heterocycles. The summed E-state index contributed by atoms with van der Waals surface area (Å²) in [4.78, 5) is 15.2. The summed E-state index contributed by atoms with van der Waals surface area (Å²) in [7, 11) is -3.24. The highest BCUT2D eigenvalue weighted by Crippen LogP contribution is 2.33. The second-order valence-electron chi connectivity index (χ2n) is 9.95. The largest absolute Gasteiger partial charge is 0.490 e. The Morgan fingerprint density at radius 3 is 2.32 bits per heavy atom. The van der Waals surface area contributed by atoms with E-state index in [9.17, 15) is 13.2 Å². The van der Waals surface area contributed by atoms with Crippen molar-refractivity contribution in [3.63, 3.8) is 0 Å². The molecule has 0 unspecified atom stereocenters. The van der Waals surface area contributed by atoms with E-state index in [4.69, 9.17) is 4.74 Å². The molecule has 0 fully saturated rings. The van der Waals surface area contributed by atoms with Crippen LogP contribution >= 0.6 is 0 Å². The summed E-state index contributed by atoms with van der Waals surface area (Å²) in [6, 6.07) is 21.0. The molecule has 37 heavy (non-hydrogen) atoms. The van der Waals surface area contributed by atoms with Crippen molar-refractivity contribution in [2.24, 2.45) is 5.92 Å². The van der Waals surface area contributed by atoms with Gasteiger partial charge in [-0.2, -0.15) is 0 Å². The molecule has 196 valence electrons. The van der Waals surface area contributed by atoms with Crippen molar-refractivity contribution in [3.8, 4) is 5.75 Å². The highest BCUT2D eigenvalue weighted by molar-refractivity contribution is 7.91. The molecule has 0 saturated carbocycles. The van der Waals surface area contributed by atoms with Crippen LogP contribution in [0.4, 0.5) is 11.4 Å². The van der Waals surface area contributed by atoms with E-state index in [0.717, 1.165) is 42.9 Å². The summed E-state index contributed by atoms with van der Waals surface area (Å²) in [5, 5.41) is 2.93. The number of carbonyl (C=O) groups is 1. The highest BCUT2D eigenvalue weighted by Gasteiger charge is 2.19. The first kappa shape index (κ1) is 26.7. The number of nitrogens with zero attached hydrogens (tertiary/aromatic N) is 1. The predicted octanol–water partition coefficient (Wildman–Crippen LogP) is 5.30. The lowest BCUT2D eigenvalue weighted by Gasteiger charge is -2.32. The van der Waals surface area contributed by atoms with Crippen LogP contribution in [0.2, 0.25) is 0 Å². The fourth-order valence-electron chi connectivity index (χ4n) is 4.54. The zero-order valence-corrected chi connectivity index (χ0v) is 22.7. The Bertz CT molecular complexity index is 1320. The molecule has 1 amide bonds. The molecule has 0 atom stereocenters. The molecule has 3 aromatic rings. The molecule has 1 aliphatic rings. The van der Waals surface area contributed by atoms with Crippen molar-refractivity contribution in [3.05, 3.63) is 83.4 Å². The number of benzene rings is 3. The summed E-state index contributed by atoms with van der Waals surface area (Å²) in [6.07, 6.45) is 2.14. The maximum atomic E-state index is 12.5. The fourth-order valence-corrected chi connectivity index (χ4v) is 5.42. The van der Waals surface area contributed by atoms with E-state index in [1.165, 1.54) is 16.8 Å². The highest BCUT2D eigenvalue weighted by atomic mass is 32.2. The van der Waals surface area contributed by atoms with Crippen LogP contribution < -0.4 is 15.0 Å². The van der Waals surface area contributed by atoms with E-state index in [0.29, 0.717) is 12.5 Å². The number of hydrogen-bond acceptors (Lipinski definition) is 5. The molecule has 1 heterocycles. The minimum absolute atomic E-state index is 0.0573. The summed E-state index contributed by atoms with van der Waals surface area (Å²) >= 11 is 0. The first-order chi connectivity index (χ1) is 17.7. The van der Waals surface area contributed by atoms with Gasteiger partial charge in [-0.15, -0.1) is 0 Å². The van der Waals surface area contributed by atoms with Crippen molar-refractivity contribution in [1.82, 2.24) is 0 Å². The molecule has 0 bridgehead atoms. The Morgan fingerprint density at radius 1 is 0.973 bits per heavy atom. The molecule has 0 saturated heterocycles. The Kier molecular flexibility index (Phi) is 8.54. The zero-order valence-electron chi connectivity index (χ0n) is 21.9. The second-order valence-corrected chi connectivity index (χ2v) is 12.2. The standard InChI is InChI=1S/C30H36N2O4S/c1-4-37(34,35)27-12-7-24(8-13-27)21-30(33)31-26-10-5-23(6-11-26)15-16-32-17-18-36-29-14-9-25(19-22(2)3)20-28(29)32/h5-14,20,22H,4,15-19,21H2,1-3H3,(H,31,33). The summed E-state index contributed by atoms with van der Waals surface area (Å²) in [5.74, 6) is 1.49. The van der Waals surface area contributed by atoms with E-state index in [-0.39, 0.29) is 23.0 Å². The van der Waals surface area contributed by atoms with Crippen LogP contribution in [-0.4, -0.2) is 39.8 Å². The van der Waals surface area contributed by atoms with E-state index in [1.54, 1.807) is 31.2 Å². The molecule has 0 aliphatic carbocycles. The van der Waals surface area contributed by atoms with Gasteiger partial charge < -0.3 is 15.0 Å². The molecule has 0 radical (unpaired) electrons. The van der Waals surface area contributed by atoms with E-state index in [1.807, 2.05) is 12.1 Å². The van der Waals surface area contributed by atoms with Gasteiger partial charge in [0, 0.05) is 12.2 Å². The van der Waals surface area contributed by atoms with Crippen LogP contribution in [0.15, 0.2) is 71.6 Å². The number of sulfone groups is 1. The average molecular weight is 521 g/mol. The van der Waals surface area contributed by atoms with E-state index >= 15 is 0 Å². The molecular formula is C30H36N2O4S. The van der Waals surface area contributed by atoms with Crippen LogP contribution in [0.5, 0.6) is 5.75 Å². The maximum absolute atomic E-state index is 12.5. The van der Waals surface area contributed by atoms with Crippen molar-refractivity contribution in [1.29, 1.82) is 0 Å². The molecule has 0 spiro atoms. The number of carbonyl (C=O) groups excluding carboxylic acids is 1. The molecule has 6 nitrogen and oxygen atoms in total. The average Bonchev–Trinajstić information content (AvgIpc) is 2.88. The summed E-state index contributed by atoms with van der Waals surface area (Å²) in [5.41, 5.74) is 5.23. The van der Waals surface area contributed by atoms with Gasteiger partial charge in [-0.3, -0.25) is 4.79 Å². The molecule has 0 aromatic heterocycles. The summed E-state index contributed by atoms with van der Waals surface area (Å²) < 4.78 is 29.8. The number of nitrogens with one attached hydrogen (secondary N) is 1. The minimum atomic E-state index is -3.24. The van der Waals surface area contributed by atoms with Crippen molar-refractivity contribution in [2.75, 3.05) is 35.7 Å². The Hall–Kier alpha value is -3.32. The van der Waals surface area contributed by atoms with Crippen molar-refractivity contribution in [2.45, 2.75) is 44.9 Å². The van der Waals surface area contributed by atoms with Crippen LogP contribution in [0.1, 0.15) is 37.5 Å². The molecule has 3 aromatic carbocycles. The molecular weight excluding hydrogens is 484 g/mol. The number of rotatable bonds is 10. The third-order valence-electron chi connectivity index (χ3n) is 6.56. The van der Waals surface area contributed by atoms with E-state index in [2.05, 4.69) is 54.4 Å². The third-order valence-corrected chi connectivity index (χ3v) is 8.31. The van der Waals surface area contributed by atoms with Gasteiger partial charge in [0.05, 0.1) is 29.3 Å². The lowest BCUT2D eigenvalue weighted by atomic mass is 10.0. The molecule has 1 N–H and O–H groups in total. The Morgan fingerprint density at radius 2 is 1.65 bits per heavy atom. The minimum Gasteiger partial charge on any atom is -0.490 e. The summed E-state index contributed by atoms with van der Waals surface area (Å²) in [6.45, 7) is 8.55. The number of fused-ring (bicyclic) bond motifs is 1. The topological polar surface area (TPSA) is 75.7 Å². The van der Waals surface area contributed by atoms with Crippen LogP contribution in [0, 0.1) is 5.92 Å². The van der Waals surface area contributed by atoms with Gasteiger partial charge in [-0.05, 0) is 71.8 Å². The third kappa shape index (κ3) is 7.13. The molecule has 4 rings (SSSR count). The zero-order chi connectivity index (χ0) is 26.4. The normalized spacial score (nSPS) is 13.2. The number of amides is 1. The van der Waals surface area contributed by atoms with Gasteiger partial charge in [-0.25, -0.2) is 8.42 Å². The van der Waals surface area contributed by atoms with Crippen molar-refractivity contribution < 1.29 is 17.9 Å². The van der Waals surface area contributed by atoms with Gasteiger partial charge in [-0.1, -0.05) is 51.1 Å². The van der Waals surface area contributed by atoms with Crippen molar-refractivity contribution >= 4 is 27.1 Å². The number of hydrogen-bond donors (Lipinski definition) is 1. The lowest BCUT2D eigenvalue weighted by Crippen LogP contribution is -2.34. The quantitative estimate of drug-likeness (QED) is 0.393. The smallest absolute Gasteiger partial charge is 0.228 e. The van der Waals surface area contributed by atoms with Gasteiger partial charge in [0.1, 0.15) is 12.4 Å². The first-order valence-corrected chi connectivity index (χ1v) is 14.6. The lowest BCUT2D eigenvalue weighted by molar-refractivity contribution is -0.115. The maximum Gasteiger partial charge on any atom is 0.228 e. The van der Waals surface area contributed by atoms with Gasteiger partial charge in [0.2, 0.25) is 5.91 Å². The Labute approximate surface area is 220 Å². The monoisotopic (exact) mass is 520 g/mol. The fraction of sp³-hybridized carbons (Fsp3) is 0.367. The van der Waals surface area contributed by atoms with Crippen LogP contribution in [0.3, 0.4) is 0 Å². The predicted molar refractivity (Wildman–Crippen MR) is 149 cm³/mol. The van der Waals surface area contributed by atoms with Crippen LogP contribution in [0.25, 0.3) is 0 Å². The number of anilines is 2. The van der Waals surface area contributed by atoms with Gasteiger partial charge in [0.15, 0.2) is 9.84 Å². The number of ether oxygens (including phenoxy) is 1. The van der Waals surface area contributed by atoms with Crippen LogP contribution in [-0.2, 0) is 33.9 Å². The van der Waals surface area contributed by atoms with Gasteiger partial charge in [0.25, 0.3) is 0 Å². The van der Waals surface area contributed by atoms with E-state index < -0.39 is 9.84 Å². The Balaban J connectivity index is 1.31. The first-order valence-electron chi connectivity index (χ1n) is 12.9. The second kappa shape index (κ2) is 11.8.